The number of likely N-dealkylation sites (tertiary alicyclic amines) is 1. The van der Waals surface area contributed by atoms with Crippen molar-refractivity contribution in [1.82, 2.24) is 10.2 Å². The predicted molar refractivity (Wildman–Crippen MR) is 72.9 cm³/mol. The Kier molecular flexibility index (Phi) is 5.79. The molecule has 0 aromatic heterocycles. The molecule has 0 aliphatic carbocycles. The summed E-state index contributed by atoms with van der Waals surface area (Å²) in [4.78, 5) is 35.5. The summed E-state index contributed by atoms with van der Waals surface area (Å²) in [5.41, 5.74) is 5.29. The van der Waals surface area contributed by atoms with Crippen LogP contribution in [0.2, 0.25) is 0 Å². The molecule has 3 amide bonds. The van der Waals surface area contributed by atoms with Crippen LogP contribution in [-0.4, -0.2) is 46.5 Å². The zero-order valence-corrected chi connectivity index (χ0v) is 12.0. The van der Waals surface area contributed by atoms with Crippen LogP contribution < -0.4 is 11.1 Å². The van der Waals surface area contributed by atoms with Crippen molar-refractivity contribution >= 4 is 17.9 Å². The molecule has 20 heavy (non-hydrogen) atoms. The maximum absolute atomic E-state index is 12.1. The first-order valence-corrected chi connectivity index (χ1v) is 6.89. The number of nitrogens with one attached hydrogen (secondary N) is 1. The first kappa shape index (κ1) is 16.3. The van der Waals surface area contributed by atoms with E-state index in [0.717, 1.165) is 6.42 Å². The lowest BCUT2D eigenvalue weighted by Crippen LogP contribution is -2.53. The first-order valence-electron chi connectivity index (χ1n) is 6.89. The number of nitrogens with zero attached hydrogens (tertiary/aromatic N) is 1. The third kappa shape index (κ3) is 4.71. The topological polar surface area (TPSA) is 113 Å². The van der Waals surface area contributed by atoms with Crippen LogP contribution in [-0.2, 0) is 9.59 Å². The van der Waals surface area contributed by atoms with Crippen molar-refractivity contribution in [3.63, 3.8) is 0 Å². The van der Waals surface area contributed by atoms with E-state index >= 15 is 0 Å². The Labute approximate surface area is 118 Å². The normalized spacial score (nSPS) is 24.0. The van der Waals surface area contributed by atoms with Gasteiger partial charge in [-0.3, -0.25) is 9.59 Å². The van der Waals surface area contributed by atoms with Gasteiger partial charge in [-0.05, 0) is 33.1 Å². The minimum atomic E-state index is -0.883. The minimum absolute atomic E-state index is 0.0148. The third-order valence-corrected chi connectivity index (χ3v) is 3.71. The quantitative estimate of drug-likeness (QED) is 0.684. The predicted octanol–water partition coefficient (Wildman–Crippen LogP) is 0.535. The molecule has 1 aliphatic heterocycles. The van der Waals surface area contributed by atoms with Crippen LogP contribution >= 0.6 is 0 Å². The number of carbonyl (C=O) groups is 3. The van der Waals surface area contributed by atoms with Crippen LogP contribution in [0.25, 0.3) is 0 Å². The molecule has 0 spiro atoms. The van der Waals surface area contributed by atoms with E-state index in [1.165, 1.54) is 0 Å². The van der Waals surface area contributed by atoms with E-state index in [-0.39, 0.29) is 36.4 Å². The zero-order valence-electron chi connectivity index (χ0n) is 12.0. The van der Waals surface area contributed by atoms with E-state index in [9.17, 15) is 14.4 Å². The number of primary amides is 1. The van der Waals surface area contributed by atoms with Crippen LogP contribution in [0.3, 0.4) is 0 Å². The standard InChI is InChI=1S/C13H23N3O4/c1-8(3-6-11(17)18)15-13(20)16-7-10(12(14)19)5-4-9(16)2/h8-10H,3-7H2,1-2H3,(H2,14,19)(H,15,20)(H,17,18). The van der Waals surface area contributed by atoms with Crippen molar-refractivity contribution in [2.24, 2.45) is 11.7 Å². The van der Waals surface area contributed by atoms with E-state index < -0.39 is 5.97 Å². The molecule has 0 aromatic carbocycles. The molecule has 0 radical (unpaired) electrons. The molecule has 0 bridgehead atoms. The van der Waals surface area contributed by atoms with Gasteiger partial charge in [0.2, 0.25) is 5.91 Å². The fraction of sp³-hybridized carbons (Fsp3) is 0.769. The molecule has 0 aromatic rings. The molecule has 1 heterocycles. The molecule has 7 heteroatoms. The van der Waals surface area contributed by atoms with Gasteiger partial charge >= 0.3 is 12.0 Å². The van der Waals surface area contributed by atoms with Crippen molar-refractivity contribution in [2.45, 2.75) is 51.6 Å². The molecule has 1 rings (SSSR count). The zero-order chi connectivity index (χ0) is 15.3. The summed E-state index contributed by atoms with van der Waals surface area (Å²) in [6.07, 6.45) is 1.84. The summed E-state index contributed by atoms with van der Waals surface area (Å²) in [6.45, 7) is 4.02. The van der Waals surface area contributed by atoms with Crippen LogP contribution in [0.5, 0.6) is 0 Å². The molecule has 3 unspecified atom stereocenters. The lowest BCUT2D eigenvalue weighted by atomic mass is 9.93. The van der Waals surface area contributed by atoms with Crippen molar-refractivity contribution in [1.29, 1.82) is 0 Å². The average molecular weight is 285 g/mol. The smallest absolute Gasteiger partial charge is 0.317 e. The number of piperidine rings is 1. The number of rotatable bonds is 5. The van der Waals surface area contributed by atoms with Gasteiger partial charge in [0.1, 0.15) is 0 Å². The molecular formula is C13H23N3O4. The summed E-state index contributed by atoms with van der Waals surface area (Å²) < 4.78 is 0. The maximum Gasteiger partial charge on any atom is 0.317 e. The number of urea groups is 1. The highest BCUT2D eigenvalue weighted by molar-refractivity contribution is 5.79. The largest absolute Gasteiger partial charge is 0.481 e. The van der Waals surface area contributed by atoms with Crippen LogP contribution in [0.4, 0.5) is 4.79 Å². The molecular weight excluding hydrogens is 262 g/mol. The number of carboxylic acids is 1. The number of carboxylic acid groups (broad SMARTS) is 1. The van der Waals surface area contributed by atoms with E-state index in [2.05, 4.69) is 5.32 Å². The fourth-order valence-corrected chi connectivity index (χ4v) is 2.33. The average Bonchev–Trinajstić information content (AvgIpc) is 2.36. The SMILES string of the molecule is CC(CCC(=O)O)NC(=O)N1CC(C(N)=O)CCC1C. The van der Waals surface area contributed by atoms with Gasteiger partial charge in [-0.1, -0.05) is 0 Å². The third-order valence-electron chi connectivity index (χ3n) is 3.71. The van der Waals surface area contributed by atoms with Gasteiger partial charge in [-0.2, -0.15) is 0 Å². The Bertz CT molecular complexity index is 386. The maximum atomic E-state index is 12.1. The van der Waals surface area contributed by atoms with Gasteiger partial charge in [0, 0.05) is 25.0 Å². The molecule has 3 atom stereocenters. The number of aliphatic carboxylic acids is 1. The second kappa shape index (κ2) is 7.12. The summed E-state index contributed by atoms with van der Waals surface area (Å²) in [5, 5.41) is 11.4. The van der Waals surface area contributed by atoms with Gasteiger partial charge in [0.05, 0.1) is 5.92 Å². The van der Waals surface area contributed by atoms with E-state index in [0.29, 0.717) is 19.4 Å². The molecule has 4 N–H and O–H groups in total. The van der Waals surface area contributed by atoms with Gasteiger partial charge < -0.3 is 21.1 Å². The lowest BCUT2D eigenvalue weighted by molar-refractivity contribution is -0.137. The fourth-order valence-electron chi connectivity index (χ4n) is 2.33. The monoisotopic (exact) mass is 285 g/mol. The molecule has 7 nitrogen and oxygen atoms in total. The highest BCUT2D eigenvalue weighted by Crippen LogP contribution is 2.21. The second-order valence-electron chi connectivity index (χ2n) is 5.46. The first-order chi connectivity index (χ1) is 9.31. The van der Waals surface area contributed by atoms with Gasteiger partial charge in [0.25, 0.3) is 0 Å². The molecule has 1 aliphatic rings. The second-order valence-corrected chi connectivity index (χ2v) is 5.46. The summed E-state index contributed by atoms with van der Waals surface area (Å²) in [7, 11) is 0. The van der Waals surface area contributed by atoms with E-state index in [4.69, 9.17) is 10.8 Å². The van der Waals surface area contributed by atoms with Gasteiger partial charge in [-0.25, -0.2) is 4.79 Å². The lowest BCUT2D eigenvalue weighted by Gasteiger charge is -2.37. The Hall–Kier alpha value is -1.79. The Morgan fingerprint density at radius 1 is 1.40 bits per heavy atom. The van der Waals surface area contributed by atoms with Crippen molar-refractivity contribution in [3.05, 3.63) is 0 Å². The minimum Gasteiger partial charge on any atom is -0.481 e. The summed E-state index contributed by atoms with van der Waals surface area (Å²) in [5.74, 6) is -1.56. The number of hydrogen-bond donors (Lipinski definition) is 3. The number of nitrogens with two attached hydrogens (primary N) is 1. The van der Waals surface area contributed by atoms with Crippen molar-refractivity contribution in [3.8, 4) is 0 Å². The van der Waals surface area contributed by atoms with Crippen molar-refractivity contribution in [2.75, 3.05) is 6.54 Å². The Morgan fingerprint density at radius 3 is 2.60 bits per heavy atom. The van der Waals surface area contributed by atoms with Crippen LogP contribution in [0.1, 0.15) is 39.5 Å². The number of amides is 3. The Morgan fingerprint density at radius 2 is 2.05 bits per heavy atom. The highest BCUT2D eigenvalue weighted by Gasteiger charge is 2.31. The molecule has 1 saturated heterocycles. The van der Waals surface area contributed by atoms with E-state index in [1.807, 2.05) is 6.92 Å². The van der Waals surface area contributed by atoms with Crippen LogP contribution in [0, 0.1) is 5.92 Å². The highest BCUT2D eigenvalue weighted by atomic mass is 16.4. The summed E-state index contributed by atoms with van der Waals surface area (Å²) in [6, 6.07) is -0.432. The van der Waals surface area contributed by atoms with Gasteiger partial charge in [0.15, 0.2) is 0 Å². The van der Waals surface area contributed by atoms with E-state index in [1.54, 1.807) is 11.8 Å². The summed E-state index contributed by atoms with van der Waals surface area (Å²) >= 11 is 0. The molecule has 1 fully saturated rings. The number of carbonyl (C=O) groups excluding carboxylic acids is 2. The molecule has 114 valence electrons. The Balaban J connectivity index is 2.51. The molecule has 0 saturated carbocycles. The van der Waals surface area contributed by atoms with Crippen molar-refractivity contribution < 1.29 is 19.5 Å². The number of hydrogen-bond acceptors (Lipinski definition) is 3. The van der Waals surface area contributed by atoms with Gasteiger partial charge in [-0.15, -0.1) is 0 Å². The van der Waals surface area contributed by atoms with Crippen LogP contribution in [0.15, 0.2) is 0 Å².